The summed E-state index contributed by atoms with van der Waals surface area (Å²) in [5.41, 5.74) is 1.61. The number of aliphatic carboxylic acids is 1. The number of aryl methyl sites for hydroxylation is 2. The fraction of sp³-hybridized carbons (Fsp3) is 0.480. The van der Waals surface area contributed by atoms with Crippen LogP contribution in [0, 0.1) is 0 Å². The Hall–Kier alpha value is -1.97. The largest absolute Gasteiger partial charge is 0.481 e. The Labute approximate surface area is 207 Å². The zero-order valence-electron chi connectivity index (χ0n) is 20.0. The van der Waals surface area contributed by atoms with Crippen LogP contribution in [0.5, 0.6) is 0 Å². The standard InChI is InChI=1S/C25H35ClN2O5S/c1-25(2,13-7-10-19-8-5-4-6-9-19)27-17-22(29)18-28(3)34(32,33)23-15-20(11-12-24(30)31)14-21(26)16-23/h4-6,8-9,14-16,22,27,29H,7,10-13,17-18H2,1-3H3,(H,30,31). The maximum atomic E-state index is 13.0. The first-order valence-electron chi connectivity index (χ1n) is 11.3. The SMILES string of the molecule is CN(CC(O)CNC(C)(C)CCCc1ccccc1)S(=O)(=O)c1cc(Cl)cc(CCC(=O)O)c1. The Morgan fingerprint density at radius 3 is 2.44 bits per heavy atom. The van der Waals surface area contributed by atoms with E-state index in [0.29, 0.717) is 5.56 Å². The molecule has 7 nitrogen and oxygen atoms in total. The molecular formula is C25H35ClN2O5S. The number of carboxylic acids is 1. The van der Waals surface area contributed by atoms with E-state index in [2.05, 4.69) is 31.3 Å². The van der Waals surface area contributed by atoms with Crippen LogP contribution in [0.1, 0.15) is 44.2 Å². The average molecular weight is 511 g/mol. The lowest BCUT2D eigenvalue weighted by atomic mass is 9.95. The van der Waals surface area contributed by atoms with Crippen molar-refractivity contribution in [1.29, 1.82) is 0 Å². The van der Waals surface area contributed by atoms with Crippen LogP contribution in [0.25, 0.3) is 0 Å². The van der Waals surface area contributed by atoms with E-state index in [1.807, 2.05) is 18.2 Å². The third kappa shape index (κ3) is 9.35. The molecule has 0 aliphatic heterocycles. The molecule has 3 N–H and O–H groups in total. The van der Waals surface area contributed by atoms with E-state index in [9.17, 15) is 18.3 Å². The van der Waals surface area contributed by atoms with E-state index < -0.39 is 22.1 Å². The van der Waals surface area contributed by atoms with Crippen molar-refractivity contribution in [1.82, 2.24) is 9.62 Å². The Morgan fingerprint density at radius 1 is 1.12 bits per heavy atom. The number of hydrogen-bond donors (Lipinski definition) is 3. The molecule has 0 saturated carbocycles. The highest BCUT2D eigenvalue weighted by Gasteiger charge is 2.25. The second-order valence-corrected chi connectivity index (χ2v) is 11.7. The number of β-amino-alcohol motifs (C(OH)–C–C–N with tert-alkyl or cyclic N) is 1. The van der Waals surface area contributed by atoms with E-state index in [4.69, 9.17) is 16.7 Å². The molecule has 0 aliphatic carbocycles. The summed E-state index contributed by atoms with van der Waals surface area (Å²) in [6, 6.07) is 14.6. The normalized spacial score (nSPS) is 13.2. The van der Waals surface area contributed by atoms with Gasteiger partial charge in [0.15, 0.2) is 0 Å². The number of rotatable bonds is 14. The number of aliphatic hydroxyl groups excluding tert-OH is 1. The van der Waals surface area contributed by atoms with Crippen LogP contribution in [0.2, 0.25) is 5.02 Å². The van der Waals surface area contributed by atoms with Gasteiger partial charge in [-0.3, -0.25) is 4.79 Å². The van der Waals surface area contributed by atoms with E-state index >= 15 is 0 Å². The summed E-state index contributed by atoms with van der Waals surface area (Å²) in [7, 11) is -2.50. The van der Waals surface area contributed by atoms with E-state index in [-0.39, 0.29) is 41.4 Å². The van der Waals surface area contributed by atoms with Gasteiger partial charge in [0.1, 0.15) is 0 Å². The molecule has 1 unspecified atom stereocenters. The van der Waals surface area contributed by atoms with Crippen molar-refractivity contribution < 1.29 is 23.4 Å². The van der Waals surface area contributed by atoms with Gasteiger partial charge >= 0.3 is 5.97 Å². The fourth-order valence-corrected chi connectivity index (χ4v) is 5.29. The van der Waals surface area contributed by atoms with Crippen molar-refractivity contribution in [2.75, 3.05) is 20.1 Å². The fourth-order valence-electron chi connectivity index (χ4n) is 3.67. The van der Waals surface area contributed by atoms with Crippen LogP contribution in [0.15, 0.2) is 53.4 Å². The van der Waals surface area contributed by atoms with Gasteiger partial charge in [0, 0.05) is 37.1 Å². The Bertz CT molecular complexity index is 1040. The van der Waals surface area contributed by atoms with Gasteiger partial charge in [0.05, 0.1) is 11.0 Å². The molecule has 0 spiro atoms. The van der Waals surface area contributed by atoms with Gasteiger partial charge in [0.25, 0.3) is 0 Å². The number of nitrogens with zero attached hydrogens (tertiary/aromatic N) is 1. The summed E-state index contributed by atoms with van der Waals surface area (Å²) in [5, 5.41) is 22.9. The summed E-state index contributed by atoms with van der Waals surface area (Å²) < 4.78 is 27.1. The number of sulfonamides is 1. The third-order valence-electron chi connectivity index (χ3n) is 5.66. The van der Waals surface area contributed by atoms with Crippen molar-refractivity contribution in [3.05, 3.63) is 64.7 Å². The molecule has 0 radical (unpaired) electrons. The average Bonchev–Trinajstić information content (AvgIpc) is 2.76. The van der Waals surface area contributed by atoms with Crippen LogP contribution in [-0.4, -0.2) is 60.7 Å². The van der Waals surface area contributed by atoms with E-state index in [1.165, 1.54) is 24.7 Å². The number of hydrogen-bond acceptors (Lipinski definition) is 5. The van der Waals surface area contributed by atoms with E-state index in [0.717, 1.165) is 23.6 Å². The second-order valence-electron chi connectivity index (χ2n) is 9.23. The van der Waals surface area contributed by atoms with Crippen LogP contribution < -0.4 is 5.32 Å². The minimum Gasteiger partial charge on any atom is -0.481 e. The van der Waals surface area contributed by atoms with Gasteiger partial charge in [-0.25, -0.2) is 8.42 Å². The summed E-state index contributed by atoms with van der Waals surface area (Å²) in [6.07, 6.45) is 2.02. The number of aliphatic hydroxyl groups is 1. The van der Waals surface area contributed by atoms with Gasteiger partial charge in [-0.1, -0.05) is 41.9 Å². The highest BCUT2D eigenvalue weighted by Crippen LogP contribution is 2.23. The molecule has 0 saturated heterocycles. The number of carbonyl (C=O) groups is 1. The molecule has 0 fully saturated rings. The molecule has 2 rings (SSSR count). The first-order chi connectivity index (χ1) is 15.9. The Balaban J connectivity index is 1.90. The maximum Gasteiger partial charge on any atom is 0.303 e. The molecule has 0 aromatic heterocycles. The minimum absolute atomic E-state index is 0.0238. The lowest BCUT2D eigenvalue weighted by Crippen LogP contribution is -2.46. The van der Waals surface area contributed by atoms with Gasteiger partial charge < -0.3 is 15.5 Å². The van der Waals surface area contributed by atoms with Crippen molar-refractivity contribution in [3.63, 3.8) is 0 Å². The molecule has 34 heavy (non-hydrogen) atoms. The summed E-state index contributed by atoms with van der Waals surface area (Å²) in [6.45, 7) is 4.29. The van der Waals surface area contributed by atoms with Gasteiger partial charge in [-0.15, -0.1) is 0 Å². The molecule has 2 aromatic rings. The molecule has 188 valence electrons. The Kier molecular flexibility index (Phi) is 10.5. The van der Waals surface area contributed by atoms with Crippen molar-refractivity contribution in [2.24, 2.45) is 0 Å². The summed E-state index contributed by atoms with van der Waals surface area (Å²) in [5.74, 6) is -0.972. The predicted octanol–water partition coefficient (Wildman–Crippen LogP) is 3.73. The Morgan fingerprint density at radius 2 is 1.79 bits per heavy atom. The highest BCUT2D eigenvalue weighted by molar-refractivity contribution is 7.89. The first kappa shape index (κ1) is 28.3. The monoisotopic (exact) mass is 510 g/mol. The van der Waals surface area contributed by atoms with Crippen LogP contribution in [0.3, 0.4) is 0 Å². The highest BCUT2D eigenvalue weighted by atomic mass is 35.5. The van der Waals surface area contributed by atoms with Crippen LogP contribution >= 0.6 is 11.6 Å². The maximum absolute atomic E-state index is 13.0. The third-order valence-corrected chi connectivity index (χ3v) is 7.68. The lowest BCUT2D eigenvalue weighted by molar-refractivity contribution is -0.136. The van der Waals surface area contributed by atoms with Gasteiger partial charge in [-0.2, -0.15) is 4.31 Å². The zero-order chi connectivity index (χ0) is 25.4. The summed E-state index contributed by atoms with van der Waals surface area (Å²) >= 11 is 6.07. The zero-order valence-corrected chi connectivity index (χ0v) is 21.6. The number of benzene rings is 2. The molecule has 1 atom stereocenters. The molecule has 0 bridgehead atoms. The number of carboxylic acid groups (broad SMARTS) is 1. The van der Waals surface area contributed by atoms with Crippen LogP contribution in [0.4, 0.5) is 0 Å². The predicted molar refractivity (Wildman–Crippen MR) is 135 cm³/mol. The van der Waals surface area contributed by atoms with Crippen molar-refractivity contribution in [3.8, 4) is 0 Å². The van der Waals surface area contributed by atoms with Gasteiger partial charge in [-0.05, 0) is 68.9 Å². The second kappa shape index (κ2) is 12.7. The minimum atomic E-state index is -3.90. The molecule has 9 heteroatoms. The number of halogens is 1. The van der Waals surface area contributed by atoms with Crippen LogP contribution in [-0.2, 0) is 27.7 Å². The molecule has 0 heterocycles. The molecular weight excluding hydrogens is 476 g/mol. The molecule has 0 aliphatic rings. The van der Waals surface area contributed by atoms with Crippen molar-refractivity contribution in [2.45, 2.75) is 62.5 Å². The quantitative estimate of drug-likeness (QED) is 0.357. The van der Waals surface area contributed by atoms with Gasteiger partial charge in [0.2, 0.25) is 10.0 Å². The van der Waals surface area contributed by atoms with Crippen molar-refractivity contribution >= 4 is 27.6 Å². The topological polar surface area (TPSA) is 107 Å². The number of nitrogens with one attached hydrogen (secondary N) is 1. The first-order valence-corrected chi connectivity index (χ1v) is 13.2. The van der Waals surface area contributed by atoms with E-state index in [1.54, 1.807) is 6.07 Å². The lowest BCUT2D eigenvalue weighted by Gasteiger charge is -2.29. The summed E-state index contributed by atoms with van der Waals surface area (Å²) in [4.78, 5) is 10.8. The molecule has 2 aromatic carbocycles. The smallest absolute Gasteiger partial charge is 0.303 e. The molecule has 0 amide bonds. The number of likely N-dealkylation sites (N-methyl/N-ethyl adjacent to an activating group) is 1.